The summed E-state index contributed by atoms with van der Waals surface area (Å²) in [6.07, 6.45) is 0.993. The zero-order valence-electron chi connectivity index (χ0n) is 11.8. The fourth-order valence-electron chi connectivity index (χ4n) is 1.60. The van der Waals surface area contributed by atoms with Gasteiger partial charge in [0.25, 0.3) is 0 Å². The van der Waals surface area contributed by atoms with Gasteiger partial charge in [-0.05, 0) is 53.4 Å². The van der Waals surface area contributed by atoms with E-state index in [0.717, 1.165) is 24.2 Å². The van der Waals surface area contributed by atoms with E-state index in [9.17, 15) is 5.26 Å². The number of aromatic nitrogens is 2. The van der Waals surface area contributed by atoms with Gasteiger partial charge in [-0.25, -0.2) is 0 Å². The molecule has 0 radical (unpaired) electrons. The molecule has 0 bridgehead atoms. The Labute approximate surface area is 109 Å². The molecule has 1 heterocycles. The highest BCUT2D eigenvalue weighted by atomic mass is 15.2. The minimum atomic E-state index is 0.260. The highest BCUT2D eigenvalue weighted by molar-refractivity contribution is 5.56. The molecule has 0 saturated heterocycles. The maximum Gasteiger partial charge on any atom is 0.167 e. The Kier molecular flexibility index (Phi) is 5.05. The van der Waals surface area contributed by atoms with Crippen LogP contribution < -0.4 is 5.32 Å². The van der Waals surface area contributed by atoms with E-state index in [-0.39, 0.29) is 6.04 Å². The van der Waals surface area contributed by atoms with Gasteiger partial charge in [0.1, 0.15) is 11.6 Å². The van der Waals surface area contributed by atoms with Gasteiger partial charge < -0.3 is 10.2 Å². The van der Waals surface area contributed by atoms with Crippen molar-refractivity contribution >= 4 is 5.82 Å². The molecule has 0 aliphatic carbocycles. The van der Waals surface area contributed by atoms with Crippen LogP contribution in [0.25, 0.3) is 0 Å². The third kappa shape index (κ3) is 3.67. The molecule has 1 aromatic heterocycles. The summed E-state index contributed by atoms with van der Waals surface area (Å²) in [5, 5.41) is 20.6. The van der Waals surface area contributed by atoms with E-state index in [0.29, 0.717) is 11.4 Å². The maximum atomic E-state index is 9.19. The quantitative estimate of drug-likeness (QED) is 0.858. The van der Waals surface area contributed by atoms with Crippen LogP contribution >= 0.6 is 0 Å². The van der Waals surface area contributed by atoms with E-state index in [1.165, 1.54) is 0 Å². The second-order valence-electron chi connectivity index (χ2n) is 4.88. The molecule has 1 rings (SSSR count). The molecule has 0 aliphatic heterocycles. The number of rotatable bonds is 5. The van der Waals surface area contributed by atoms with Gasteiger partial charge in [-0.2, -0.15) is 10.4 Å². The van der Waals surface area contributed by atoms with Crippen LogP contribution in [0.15, 0.2) is 0 Å². The number of aryl methyl sites for hydroxylation is 1. The number of nitrogens with one attached hydrogen (secondary N) is 1. The van der Waals surface area contributed by atoms with Gasteiger partial charge in [-0.3, -0.25) is 0 Å². The summed E-state index contributed by atoms with van der Waals surface area (Å²) in [4.78, 5) is 2.13. The molecule has 1 N–H and O–H groups in total. The first-order valence-corrected chi connectivity index (χ1v) is 6.11. The van der Waals surface area contributed by atoms with Gasteiger partial charge in [0.2, 0.25) is 0 Å². The van der Waals surface area contributed by atoms with Crippen molar-refractivity contribution in [1.29, 1.82) is 5.26 Å². The molecular weight excluding hydrogens is 226 g/mol. The number of hydrogen-bond donors (Lipinski definition) is 1. The average molecular weight is 247 g/mol. The van der Waals surface area contributed by atoms with Gasteiger partial charge in [0, 0.05) is 6.04 Å². The predicted octanol–water partition coefficient (Wildman–Crippen LogP) is 1.72. The molecule has 98 valence electrons. The first kappa shape index (κ1) is 14.4. The SMILES string of the molecule is Cc1nnc(NC(C)CCN(C)C)c(C#N)c1C. The molecule has 0 aliphatic rings. The van der Waals surface area contributed by atoms with Gasteiger partial charge in [0.15, 0.2) is 5.82 Å². The minimum Gasteiger partial charge on any atom is -0.365 e. The van der Waals surface area contributed by atoms with Crippen LogP contribution in [0.2, 0.25) is 0 Å². The summed E-state index contributed by atoms with van der Waals surface area (Å²) < 4.78 is 0. The smallest absolute Gasteiger partial charge is 0.167 e. The standard InChI is InChI=1S/C13H21N5/c1-9(6-7-18(4)5)15-13-12(8-14)10(2)11(3)16-17-13/h9H,6-7H2,1-5H3,(H,15,17). The largest absolute Gasteiger partial charge is 0.365 e. The molecule has 1 unspecified atom stereocenters. The Morgan fingerprint density at radius 1 is 1.33 bits per heavy atom. The van der Waals surface area contributed by atoms with Gasteiger partial charge in [-0.1, -0.05) is 0 Å². The number of anilines is 1. The van der Waals surface area contributed by atoms with Gasteiger partial charge in [-0.15, -0.1) is 5.10 Å². The van der Waals surface area contributed by atoms with Crippen molar-refractivity contribution < 1.29 is 0 Å². The highest BCUT2D eigenvalue weighted by Gasteiger charge is 2.12. The van der Waals surface area contributed by atoms with Crippen LogP contribution in [0.1, 0.15) is 30.2 Å². The van der Waals surface area contributed by atoms with Gasteiger partial charge >= 0.3 is 0 Å². The van der Waals surface area contributed by atoms with E-state index in [1.54, 1.807) is 0 Å². The third-order valence-electron chi connectivity index (χ3n) is 2.96. The van der Waals surface area contributed by atoms with Crippen LogP contribution in [0.5, 0.6) is 0 Å². The Balaban J connectivity index is 2.79. The summed E-state index contributed by atoms with van der Waals surface area (Å²) in [6.45, 7) is 6.84. The van der Waals surface area contributed by atoms with Crippen LogP contribution in [-0.4, -0.2) is 41.8 Å². The molecule has 0 saturated carbocycles. The van der Waals surface area contributed by atoms with Crippen molar-refractivity contribution in [3.05, 3.63) is 16.8 Å². The number of nitriles is 1. The monoisotopic (exact) mass is 247 g/mol. The fraction of sp³-hybridized carbons (Fsp3) is 0.615. The maximum absolute atomic E-state index is 9.19. The van der Waals surface area contributed by atoms with E-state index in [1.807, 2.05) is 27.9 Å². The fourth-order valence-corrected chi connectivity index (χ4v) is 1.60. The molecule has 18 heavy (non-hydrogen) atoms. The number of nitrogens with zero attached hydrogens (tertiary/aromatic N) is 4. The van der Waals surface area contributed by atoms with Crippen LogP contribution in [-0.2, 0) is 0 Å². The Morgan fingerprint density at radius 3 is 2.56 bits per heavy atom. The van der Waals surface area contributed by atoms with Crippen molar-refractivity contribution in [2.75, 3.05) is 26.0 Å². The van der Waals surface area contributed by atoms with Crippen molar-refractivity contribution in [3.63, 3.8) is 0 Å². The zero-order valence-corrected chi connectivity index (χ0v) is 11.8. The lowest BCUT2D eigenvalue weighted by molar-refractivity contribution is 0.390. The minimum absolute atomic E-state index is 0.260. The van der Waals surface area contributed by atoms with E-state index in [4.69, 9.17) is 0 Å². The van der Waals surface area contributed by atoms with E-state index >= 15 is 0 Å². The lowest BCUT2D eigenvalue weighted by Gasteiger charge is -2.18. The molecule has 0 amide bonds. The van der Waals surface area contributed by atoms with Crippen molar-refractivity contribution in [1.82, 2.24) is 15.1 Å². The topological polar surface area (TPSA) is 64.8 Å². The summed E-state index contributed by atoms with van der Waals surface area (Å²) >= 11 is 0. The second-order valence-corrected chi connectivity index (χ2v) is 4.88. The molecular formula is C13H21N5. The van der Waals surface area contributed by atoms with Crippen LogP contribution in [0.3, 0.4) is 0 Å². The molecule has 1 atom stereocenters. The lowest BCUT2D eigenvalue weighted by atomic mass is 10.1. The molecule has 1 aromatic rings. The van der Waals surface area contributed by atoms with Gasteiger partial charge in [0.05, 0.1) is 5.69 Å². The van der Waals surface area contributed by atoms with E-state index < -0.39 is 0 Å². The third-order valence-corrected chi connectivity index (χ3v) is 2.96. The lowest BCUT2D eigenvalue weighted by Crippen LogP contribution is -2.24. The van der Waals surface area contributed by atoms with Crippen molar-refractivity contribution in [3.8, 4) is 6.07 Å². The second kappa shape index (κ2) is 6.31. The normalized spacial score (nSPS) is 12.3. The summed E-state index contributed by atoms with van der Waals surface area (Å²) in [7, 11) is 4.09. The summed E-state index contributed by atoms with van der Waals surface area (Å²) in [5.74, 6) is 0.590. The molecule has 5 heteroatoms. The van der Waals surface area contributed by atoms with E-state index in [2.05, 4.69) is 33.4 Å². The van der Waals surface area contributed by atoms with Crippen LogP contribution in [0, 0.1) is 25.2 Å². The highest BCUT2D eigenvalue weighted by Crippen LogP contribution is 2.18. The van der Waals surface area contributed by atoms with Crippen molar-refractivity contribution in [2.24, 2.45) is 0 Å². The van der Waals surface area contributed by atoms with Crippen molar-refractivity contribution in [2.45, 2.75) is 33.2 Å². The summed E-state index contributed by atoms with van der Waals surface area (Å²) in [6, 6.07) is 2.46. The number of hydrogen-bond acceptors (Lipinski definition) is 5. The molecule has 5 nitrogen and oxygen atoms in total. The predicted molar refractivity (Wildman–Crippen MR) is 72.5 cm³/mol. The first-order chi connectivity index (χ1) is 8.45. The Bertz CT molecular complexity index is 447. The molecule has 0 spiro atoms. The van der Waals surface area contributed by atoms with Crippen LogP contribution in [0.4, 0.5) is 5.82 Å². The zero-order chi connectivity index (χ0) is 13.7. The Hall–Kier alpha value is -1.67. The molecule has 0 aromatic carbocycles. The summed E-state index contributed by atoms with van der Waals surface area (Å²) in [5.41, 5.74) is 2.30. The first-order valence-electron chi connectivity index (χ1n) is 6.11. The molecule has 0 fully saturated rings. The Morgan fingerprint density at radius 2 is 2.00 bits per heavy atom. The average Bonchev–Trinajstić information content (AvgIpc) is 2.32.